The molecule has 7 nitrogen and oxygen atoms in total. The smallest absolute Gasteiger partial charge is 0.309 e. The molecule has 0 radical (unpaired) electrons. The van der Waals surface area contributed by atoms with Crippen LogP contribution < -0.4 is 5.32 Å². The molecule has 0 aliphatic carbocycles. The van der Waals surface area contributed by atoms with Gasteiger partial charge in [0.2, 0.25) is 0 Å². The number of carbonyl (C=O) groups excluding carboxylic acids is 2. The molecule has 0 saturated carbocycles. The predicted molar refractivity (Wildman–Crippen MR) is 133 cm³/mol. The summed E-state index contributed by atoms with van der Waals surface area (Å²) >= 11 is 1.57. The maximum absolute atomic E-state index is 13.2. The van der Waals surface area contributed by atoms with Crippen molar-refractivity contribution in [2.45, 2.75) is 104 Å². The van der Waals surface area contributed by atoms with E-state index in [1.165, 1.54) is 0 Å². The monoisotopic (exact) mass is 492 g/mol. The number of hydrogen-bond donors (Lipinski definition) is 3. The lowest BCUT2D eigenvalue weighted by Gasteiger charge is -2.34. The number of rotatable bonds is 2. The van der Waals surface area contributed by atoms with Crippen molar-refractivity contribution in [3.63, 3.8) is 0 Å². The number of cyclic esters (lactones) is 1. The van der Waals surface area contributed by atoms with E-state index in [0.717, 1.165) is 35.5 Å². The van der Waals surface area contributed by atoms with Gasteiger partial charge in [-0.25, -0.2) is 4.98 Å². The number of aromatic nitrogens is 1. The van der Waals surface area contributed by atoms with Crippen LogP contribution in [0.5, 0.6) is 0 Å². The molecule has 0 aromatic carbocycles. The van der Waals surface area contributed by atoms with Crippen molar-refractivity contribution in [1.82, 2.24) is 10.3 Å². The van der Waals surface area contributed by atoms with Crippen molar-refractivity contribution < 1.29 is 24.5 Å². The minimum Gasteiger partial charge on any atom is -0.458 e. The first-order chi connectivity index (χ1) is 15.9. The summed E-state index contributed by atoms with van der Waals surface area (Å²) in [4.78, 5) is 30.5. The molecule has 0 unspecified atom stereocenters. The molecule has 2 fully saturated rings. The number of nitrogens with one attached hydrogen (secondary N) is 1. The van der Waals surface area contributed by atoms with Crippen molar-refractivity contribution in [2.24, 2.45) is 17.3 Å². The number of Topliss-reactive ketones (excluding diaryl/α,β-unsaturated/α-hetero) is 1. The standard InChI is InChI=1S/C26H40N2O5S/c1-14-8-7-9-19-20(28-19)11-21(15(2)10-18-13-34-17(4)27-18)33-23(30)12-22(29)26(5,6)25(32)16(3)24(14)31/h10,13-14,16,19-22,24,28-29,31H,7-9,11-12H2,1-6H3/t14-,16+,19+,20-,21-,22-,24-/m0/s1. The van der Waals surface area contributed by atoms with Gasteiger partial charge in [-0.2, -0.15) is 0 Å². The summed E-state index contributed by atoms with van der Waals surface area (Å²) in [5.41, 5.74) is 0.567. The zero-order chi connectivity index (χ0) is 25.2. The van der Waals surface area contributed by atoms with E-state index in [2.05, 4.69) is 10.3 Å². The molecule has 7 atom stereocenters. The van der Waals surface area contributed by atoms with Gasteiger partial charge in [-0.15, -0.1) is 11.3 Å². The normalized spacial score (nSPS) is 36.0. The Morgan fingerprint density at radius 3 is 2.59 bits per heavy atom. The highest BCUT2D eigenvalue weighted by Gasteiger charge is 2.43. The maximum Gasteiger partial charge on any atom is 0.309 e. The Balaban J connectivity index is 1.81. The second-order valence-corrected chi connectivity index (χ2v) is 11.8. The van der Waals surface area contributed by atoms with Crippen LogP contribution in [-0.2, 0) is 14.3 Å². The molecule has 34 heavy (non-hydrogen) atoms. The predicted octanol–water partition coefficient (Wildman–Crippen LogP) is 3.66. The first-order valence-electron chi connectivity index (χ1n) is 12.4. The van der Waals surface area contributed by atoms with E-state index < -0.39 is 35.6 Å². The van der Waals surface area contributed by atoms with Gasteiger partial charge in [0.1, 0.15) is 11.9 Å². The number of ether oxygens (including phenoxy) is 1. The van der Waals surface area contributed by atoms with Crippen LogP contribution in [0.4, 0.5) is 0 Å². The van der Waals surface area contributed by atoms with Gasteiger partial charge in [0.25, 0.3) is 0 Å². The van der Waals surface area contributed by atoms with Crippen LogP contribution in [-0.4, -0.2) is 57.3 Å². The van der Waals surface area contributed by atoms with Crippen LogP contribution in [0.15, 0.2) is 11.0 Å². The first-order valence-corrected chi connectivity index (χ1v) is 13.2. The van der Waals surface area contributed by atoms with E-state index >= 15 is 0 Å². The highest BCUT2D eigenvalue weighted by atomic mass is 32.1. The Morgan fingerprint density at radius 2 is 1.94 bits per heavy atom. The molecular formula is C26H40N2O5S. The molecule has 0 bridgehead atoms. The number of aryl methyl sites for hydroxylation is 1. The summed E-state index contributed by atoms with van der Waals surface area (Å²) in [5.74, 6) is -1.43. The third-order valence-corrected chi connectivity index (χ3v) is 8.37. The molecule has 190 valence electrons. The highest BCUT2D eigenvalue weighted by molar-refractivity contribution is 7.09. The van der Waals surface area contributed by atoms with E-state index in [0.29, 0.717) is 12.5 Å². The molecule has 2 aliphatic heterocycles. The summed E-state index contributed by atoms with van der Waals surface area (Å²) in [7, 11) is 0. The van der Waals surface area contributed by atoms with Crippen molar-refractivity contribution in [3.8, 4) is 0 Å². The van der Waals surface area contributed by atoms with Gasteiger partial charge in [0, 0.05) is 29.8 Å². The van der Waals surface area contributed by atoms with Crippen LogP contribution in [0.25, 0.3) is 6.08 Å². The zero-order valence-electron chi connectivity index (χ0n) is 21.2. The number of hydrogen-bond acceptors (Lipinski definition) is 8. The number of ketones is 1. The lowest BCUT2D eigenvalue weighted by molar-refractivity contribution is -0.154. The third kappa shape index (κ3) is 6.53. The van der Waals surface area contributed by atoms with Gasteiger partial charge in [-0.05, 0) is 44.3 Å². The fourth-order valence-electron chi connectivity index (χ4n) is 4.92. The molecule has 0 amide bonds. The molecule has 8 heteroatoms. The van der Waals surface area contributed by atoms with Crippen LogP contribution in [0.2, 0.25) is 0 Å². The first kappa shape index (κ1) is 27.0. The van der Waals surface area contributed by atoms with Crippen molar-refractivity contribution >= 4 is 29.2 Å². The summed E-state index contributed by atoms with van der Waals surface area (Å²) < 4.78 is 5.86. The maximum atomic E-state index is 13.2. The molecule has 3 rings (SSSR count). The molecule has 0 spiro atoms. The second-order valence-electron chi connectivity index (χ2n) is 10.8. The Hall–Kier alpha value is -1.61. The number of fused-ring (bicyclic) bond motifs is 1. The average molecular weight is 493 g/mol. The Labute approximate surface area is 207 Å². The summed E-state index contributed by atoms with van der Waals surface area (Å²) in [5, 5.41) is 28.1. The van der Waals surface area contributed by atoms with Crippen LogP contribution in [0.3, 0.4) is 0 Å². The topological polar surface area (TPSA) is 119 Å². The summed E-state index contributed by atoms with van der Waals surface area (Å²) in [6.45, 7) is 10.8. The fourth-order valence-corrected chi connectivity index (χ4v) is 5.49. The quantitative estimate of drug-likeness (QED) is 0.426. The molecular weight excluding hydrogens is 452 g/mol. The van der Waals surface area contributed by atoms with Gasteiger partial charge in [-0.1, -0.05) is 34.1 Å². The van der Waals surface area contributed by atoms with Gasteiger partial charge < -0.3 is 20.3 Å². The minimum atomic E-state index is -1.21. The van der Waals surface area contributed by atoms with Crippen molar-refractivity contribution in [2.75, 3.05) is 0 Å². The van der Waals surface area contributed by atoms with E-state index in [4.69, 9.17) is 4.74 Å². The Bertz CT molecular complexity index is 911. The molecule has 2 aliphatic rings. The van der Waals surface area contributed by atoms with E-state index in [1.54, 1.807) is 32.1 Å². The minimum absolute atomic E-state index is 0.0264. The van der Waals surface area contributed by atoms with Gasteiger partial charge >= 0.3 is 5.97 Å². The lowest BCUT2D eigenvalue weighted by Crippen LogP contribution is -2.45. The largest absolute Gasteiger partial charge is 0.458 e. The third-order valence-electron chi connectivity index (χ3n) is 7.58. The number of esters is 1. The van der Waals surface area contributed by atoms with Crippen LogP contribution in [0, 0.1) is 24.2 Å². The Morgan fingerprint density at radius 1 is 1.24 bits per heavy atom. The van der Waals surface area contributed by atoms with Crippen molar-refractivity contribution in [1.29, 1.82) is 0 Å². The van der Waals surface area contributed by atoms with Gasteiger partial charge in [0.15, 0.2) is 0 Å². The lowest BCUT2D eigenvalue weighted by atomic mass is 9.73. The second kappa shape index (κ2) is 11.0. The number of aliphatic hydroxyl groups excluding tert-OH is 2. The Kier molecular flexibility index (Phi) is 8.71. The van der Waals surface area contributed by atoms with E-state index in [9.17, 15) is 19.8 Å². The van der Waals surface area contributed by atoms with Gasteiger partial charge in [-0.3, -0.25) is 9.59 Å². The number of thiazole rings is 1. The van der Waals surface area contributed by atoms with Gasteiger partial charge in [0.05, 0.1) is 34.7 Å². The van der Waals surface area contributed by atoms with Crippen molar-refractivity contribution in [3.05, 3.63) is 21.7 Å². The fraction of sp³-hybridized carbons (Fsp3) is 0.731. The molecule has 1 aromatic rings. The SMILES string of the molecule is CC(=Cc1csc(C)n1)[C@@H]1C[C@@H]2N[C@@H]2CCC[C@H](C)[C@H](O)[C@@H](C)C(=O)C(C)(C)[C@@H](O)CC(=O)O1. The van der Waals surface area contributed by atoms with Crippen LogP contribution in [0.1, 0.15) is 77.4 Å². The molecule has 3 N–H and O–H groups in total. The number of nitrogens with zero attached hydrogens (tertiary/aromatic N) is 1. The average Bonchev–Trinajstić information content (AvgIpc) is 3.38. The number of carbonyl (C=O) groups is 2. The van der Waals surface area contributed by atoms with E-state index in [-0.39, 0.29) is 24.2 Å². The number of aliphatic hydroxyl groups is 2. The zero-order valence-corrected chi connectivity index (χ0v) is 22.0. The molecule has 3 heterocycles. The molecule has 2 saturated heterocycles. The summed E-state index contributed by atoms with van der Waals surface area (Å²) in [6.07, 6.45) is 2.64. The summed E-state index contributed by atoms with van der Waals surface area (Å²) in [6, 6.07) is 0.615. The molecule has 1 aromatic heterocycles. The highest BCUT2D eigenvalue weighted by Crippen LogP contribution is 2.33. The van der Waals surface area contributed by atoms with E-state index in [1.807, 2.05) is 32.2 Å². The van der Waals surface area contributed by atoms with Crippen LogP contribution >= 0.6 is 11.3 Å².